The van der Waals surface area contributed by atoms with E-state index >= 15 is 0 Å². The summed E-state index contributed by atoms with van der Waals surface area (Å²) < 4.78 is 29.2. The number of carbonyl (C=O) groups is 5. The van der Waals surface area contributed by atoms with E-state index in [0.717, 1.165) is 6.92 Å². The zero-order valence-corrected chi connectivity index (χ0v) is 27.1. The summed E-state index contributed by atoms with van der Waals surface area (Å²) in [7, 11) is 0. The van der Waals surface area contributed by atoms with Crippen LogP contribution in [0.15, 0.2) is 22.8 Å². The molecule has 3 aliphatic rings. The molecule has 12 heteroatoms. The lowest BCUT2D eigenvalue weighted by Crippen LogP contribution is -2.64. The fourth-order valence-corrected chi connectivity index (χ4v) is 6.35. The van der Waals surface area contributed by atoms with Gasteiger partial charge >= 0.3 is 29.8 Å². The highest BCUT2D eigenvalue weighted by Crippen LogP contribution is 2.57. The Bertz CT molecular complexity index is 1250. The molecule has 246 valence electrons. The van der Waals surface area contributed by atoms with Gasteiger partial charge in [-0.15, -0.1) is 0 Å². The summed E-state index contributed by atoms with van der Waals surface area (Å²) in [5.74, 6) is -5.68. The lowest BCUT2D eigenvalue weighted by Gasteiger charge is -2.42. The van der Waals surface area contributed by atoms with Crippen molar-refractivity contribution in [3.8, 4) is 0 Å². The van der Waals surface area contributed by atoms with Crippen molar-refractivity contribution in [1.82, 2.24) is 0 Å². The molecule has 0 radical (unpaired) electrons. The number of rotatable bonds is 10. The van der Waals surface area contributed by atoms with Crippen LogP contribution in [-0.2, 0) is 47.7 Å². The van der Waals surface area contributed by atoms with Gasteiger partial charge in [0.05, 0.1) is 11.8 Å². The van der Waals surface area contributed by atoms with Gasteiger partial charge in [0.15, 0.2) is 29.5 Å². The quantitative estimate of drug-likeness (QED) is 0.158. The summed E-state index contributed by atoms with van der Waals surface area (Å²) in [6.45, 7) is 13.8. The van der Waals surface area contributed by atoms with Gasteiger partial charge in [0.25, 0.3) is 0 Å². The average molecular weight is 623 g/mol. The Morgan fingerprint density at radius 1 is 1.09 bits per heavy atom. The van der Waals surface area contributed by atoms with E-state index in [4.69, 9.17) is 23.7 Å². The van der Waals surface area contributed by atoms with Crippen molar-refractivity contribution < 1.29 is 57.9 Å². The van der Waals surface area contributed by atoms with Crippen LogP contribution in [-0.4, -0.2) is 81.3 Å². The van der Waals surface area contributed by atoms with E-state index in [1.807, 2.05) is 6.92 Å². The molecule has 0 unspecified atom stereocenters. The van der Waals surface area contributed by atoms with E-state index in [-0.39, 0.29) is 23.1 Å². The molecule has 0 aromatic heterocycles. The van der Waals surface area contributed by atoms with Gasteiger partial charge in [-0.3, -0.25) is 14.4 Å². The van der Waals surface area contributed by atoms with Crippen molar-refractivity contribution in [2.45, 2.75) is 136 Å². The molecule has 0 spiro atoms. The maximum Gasteiger partial charge on any atom is 0.341 e. The normalized spacial score (nSPS) is 35.6. The van der Waals surface area contributed by atoms with E-state index in [1.165, 1.54) is 13.8 Å². The number of esters is 5. The first-order chi connectivity index (χ1) is 20.4. The Labute approximate surface area is 258 Å². The average Bonchev–Trinajstić information content (AvgIpc) is 3.28. The highest BCUT2D eigenvalue weighted by molar-refractivity contribution is 5.88. The number of unbranched alkanes of at least 4 members (excludes halogenated alkanes) is 1. The predicted octanol–water partition coefficient (Wildman–Crippen LogP) is 3.00. The molecule has 0 aromatic carbocycles. The lowest BCUT2D eigenvalue weighted by molar-refractivity contribution is -0.214. The minimum atomic E-state index is -2.58. The number of allylic oxidation sites excluding steroid dienone is 1. The van der Waals surface area contributed by atoms with Gasteiger partial charge in [0.2, 0.25) is 0 Å². The molecule has 1 heterocycles. The summed E-state index contributed by atoms with van der Waals surface area (Å²) in [5.41, 5.74) is -6.17. The van der Waals surface area contributed by atoms with Crippen LogP contribution in [0.1, 0.15) is 94.4 Å². The zero-order chi connectivity index (χ0) is 33.4. The van der Waals surface area contributed by atoms with Crippen LogP contribution in [0.4, 0.5) is 0 Å². The molecule has 1 saturated carbocycles. The first-order valence-electron chi connectivity index (χ1n) is 15.2. The van der Waals surface area contributed by atoms with E-state index in [1.54, 1.807) is 40.7 Å². The van der Waals surface area contributed by atoms with E-state index < -0.39 is 89.3 Å². The van der Waals surface area contributed by atoms with Crippen LogP contribution < -0.4 is 0 Å². The lowest BCUT2D eigenvalue weighted by atomic mass is 9.75. The number of carbonyl (C=O) groups excluding carboxylic acids is 5. The first kappa shape index (κ1) is 35.2. The van der Waals surface area contributed by atoms with Crippen LogP contribution in [0.2, 0.25) is 0 Å². The molecule has 0 aromatic rings. The molecule has 12 nitrogen and oxygen atoms in total. The van der Waals surface area contributed by atoms with Crippen LogP contribution in [0.25, 0.3) is 0 Å². The second-order valence-electron chi connectivity index (χ2n) is 12.5. The Hall–Kier alpha value is -3.25. The van der Waals surface area contributed by atoms with Gasteiger partial charge in [-0.1, -0.05) is 33.3 Å². The summed E-state index contributed by atoms with van der Waals surface area (Å²) in [5, 5.41) is 23.9. The molecule has 44 heavy (non-hydrogen) atoms. The molecule has 1 aliphatic heterocycles. The van der Waals surface area contributed by atoms with Crippen LogP contribution in [0.5, 0.6) is 0 Å². The van der Waals surface area contributed by atoms with Crippen molar-refractivity contribution in [2.75, 3.05) is 0 Å². The molecule has 0 bridgehead atoms. The fourth-order valence-electron chi connectivity index (χ4n) is 6.35. The third-order valence-corrected chi connectivity index (χ3v) is 9.31. The highest BCUT2D eigenvalue weighted by Gasteiger charge is 2.76. The fraction of sp³-hybridized carbons (Fsp3) is 0.719. The van der Waals surface area contributed by atoms with Gasteiger partial charge in [-0.2, -0.15) is 0 Å². The third kappa shape index (κ3) is 6.02. The maximum atomic E-state index is 13.1. The van der Waals surface area contributed by atoms with Gasteiger partial charge in [-0.25, -0.2) is 9.59 Å². The van der Waals surface area contributed by atoms with E-state index in [2.05, 4.69) is 0 Å². The largest absolute Gasteiger partial charge is 0.459 e. The van der Waals surface area contributed by atoms with E-state index in [9.17, 15) is 34.2 Å². The van der Waals surface area contributed by atoms with Crippen LogP contribution >= 0.6 is 0 Å². The van der Waals surface area contributed by atoms with E-state index in [0.29, 0.717) is 19.3 Å². The van der Waals surface area contributed by atoms with Crippen molar-refractivity contribution in [1.29, 1.82) is 0 Å². The molecule has 9 atom stereocenters. The standard InChI is InChI=1S/C32H46O12/c1-10-13-14-21(34)41-25-23-22(18(6)24(25)42-28(36)17(5)12-3)26-32(39,31(9,38)29(37)43-26)20(40-27(35)16(4)11-2)15-30(23,8)44-19(7)33/h12,16,20,23-26,38-39H,10-11,13-15H2,1-9H3/b17-12-/t16-,20-,23+,24-,25-,26-,30-,31+,32+/m0/s1. The summed E-state index contributed by atoms with van der Waals surface area (Å²) in [4.78, 5) is 65.0. The van der Waals surface area contributed by atoms with Gasteiger partial charge in [-0.05, 0) is 58.6 Å². The Morgan fingerprint density at radius 3 is 2.27 bits per heavy atom. The topological polar surface area (TPSA) is 172 Å². The third-order valence-electron chi connectivity index (χ3n) is 9.31. The molecular formula is C32H46O12. The summed E-state index contributed by atoms with van der Waals surface area (Å²) >= 11 is 0. The minimum absolute atomic E-state index is 0.0547. The van der Waals surface area contributed by atoms with Crippen molar-refractivity contribution in [3.63, 3.8) is 0 Å². The number of fused-ring (bicyclic) bond motifs is 3. The molecule has 2 N–H and O–H groups in total. The zero-order valence-electron chi connectivity index (χ0n) is 27.1. The molecule has 2 aliphatic carbocycles. The SMILES string of the molecule is C/C=C(/C)C(=O)O[C@H]1C(C)=C2[C@H]([C@@H]1OC(=O)CCCC)[C@@](C)(OC(C)=O)C[C@H](OC(=O)[C@@H](C)CC)[C@@]1(O)[C@H]2OC(=O)[C@@]1(C)O. The maximum absolute atomic E-state index is 13.1. The Morgan fingerprint density at radius 2 is 1.73 bits per heavy atom. The molecule has 0 amide bonds. The smallest absolute Gasteiger partial charge is 0.341 e. The molecular weight excluding hydrogens is 576 g/mol. The molecule has 3 rings (SSSR count). The first-order valence-corrected chi connectivity index (χ1v) is 15.2. The van der Waals surface area contributed by atoms with Gasteiger partial charge in [0, 0.05) is 25.3 Å². The second kappa shape index (κ2) is 13.0. The number of aliphatic hydroxyl groups is 2. The number of hydrogen-bond acceptors (Lipinski definition) is 12. The predicted molar refractivity (Wildman–Crippen MR) is 154 cm³/mol. The van der Waals surface area contributed by atoms with Crippen molar-refractivity contribution >= 4 is 29.8 Å². The Balaban J connectivity index is 2.33. The van der Waals surface area contributed by atoms with Gasteiger partial charge in [0.1, 0.15) is 11.7 Å². The summed E-state index contributed by atoms with van der Waals surface area (Å²) in [6.07, 6.45) is -2.97. The van der Waals surface area contributed by atoms with Crippen LogP contribution in [0.3, 0.4) is 0 Å². The number of ether oxygens (including phenoxy) is 5. The van der Waals surface area contributed by atoms with Crippen molar-refractivity contribution in [2.24, 2.45) is 11.8 Å². The number of hydrogen-bond donors (Lipinski definition) is 2. The highest BCUT2D eigenvalue weighted by atomic mass is 16.6. The molecule has 1 saturated heterocycles. The molecule has 2 fully saturated rings. The van der Waals surface area contributed by atoms with Crippen LogP contribution in [0, 0.1) is 11.8 Å². The van der Waals surface area contributed by atoms with Crippen molar-refractivity contribution in [3.05, 3.63) is 22.8 Å². The second-order valence-corrected chi connectivity index (χ2v) is 12.5. The van der Waals surface area contributed by atoms with Gasteiger partial charge < -0.3 is 33.9 Å². The minimum Gasteiger partial charge on any atom is -0.459 e. The Kier molecular flexibility index (Phi) is 10.4. The monoisotopic (exact) mass is 622 g/mol. The summed E-state index contributed by atoms with van der Waals surface area (Å²) in [6, 6.07) is 0.